The molecule has 0 aliphatic carbocycles. The van der Waals surface area contributed by atoms with Crippen molar-refractivity contribution in [3.8, 4) is 0 Å². The quantitative estimate of drug-likeness (QED) is 0.745. The molecular formula is C13H25NO3. The Labute approximate surface area is 104 Å². The van der Waals surface area contributed by atoms with Gasteiger partial charge in [-0.05, 0) is 45.7 Å². The fourth-order valence-electron chi connectivity index (χ4n) is 2.43. The summed E-state index contributed by atoms with van der Waals surface area (Å²) in [5.74, 6) is -0.279. The van der Waals surface area contributed by atoms with Gasteiger partial charge in [-0.15, -0.1) is 0 Å². The highest BCUT2D eigenvalue weighted by Gasteiger charge is 2.32. The number of ether oxygens (including phenoxy) is 1. The zero-order chi connectivity index (χ0) is 12.7. The fraction of sp³-hybridized carbons (Fsp3) is 0.923. The van der Waals surface area contributed by atoms with Crippen molar-refractivity contribution in [1.82, 2.24) is 4.90 Å². The van der Waals surface area contributed by atoms with Gasteiger partial charge in [0.1, 0.15) is 0 Å². The van der Waals surface area contributed by atoms with Gasteiger partial charge in [0.25, 0.3) is 0 Å². The predicted octanol–water partition coefficient (Wildman–Crippen LogP) is 1.57. The largest absolute Gasteiger partial charge is 0.466 e. The van der Waals surface area contributed by atoms with Crippen LogP contribution >= 0.6 is 0 Å². The average molecular weight is 243 g/mol. The number of rotatable bonds is 5. The van der Waals surface area contributed by atoms with E-state index in [1.807, 2.05) is 0 Å². The molecule has 1 atom stereocenters. The van der Waals surface area contributed by atoms with Gasteiger partial charge in [-0.3, -0.25) is 4.79 Å². The molecule has 1 fully saturated rings. The van der Waals surface area contributed by atoms with Gasteiger partial charge in [-0.2, -0.15) is 0 Å². The van der Waals surface area contributed by atoms with E-state index in [0.29, 0.717) is 19.4 Å². The van der Waals surface area contributed by atoms with E-state index in [4.69, 9.17) is 4.74 Å². The van der Waals surface area contributed by atoms with Crippen LogP contribution in [0.5, 0.6) is 0 Å². The van der Waals surface area contributed by atoms with Gasteiger partial charge in [0.15, 0.2) is 0 Å². The van der Waals surface area contributed by atoms with E-state index < -0.39 is 5.60 Å². The van der Waals surface area contributed by atoms with Crippen LogP contribution in [0.15, 0.2) is 0 Å². The minimum atomic E-state index is -0.852. The molecule has 1 aliphatic heterocycles. The van der Waals surface area contributed by atoms with Gasteiger partial charge in [0.05, 0.1) is 18.6 Å². The Morgan fingerprint density at radius 2 is 2.12 bits per heavy atom. The van der Waals surface area contributed by atoms with Crippen molar-refractivity contribution < 1.29 is 14.6 Å². The summed E-state index contributed by atoms with van der Waals surface area (Å²) < 4.78 is 4.91. The normalized spacial score (nSPS) is 26.5. The second kappa shape index (κ2) is 6.97. The molecule has 0 aromatic rings. The molecule has 100 valence electrons. The number of esters is 1. The lowest BCUT2D eigenvalue weighted by molar-refractivity contribution is -0.149. The number of carbonyl (C=O) groups excluding carboxylic acids is 1. The van der Waals surface area contributed by atoms with Crippen molar-refractivity contribution in [2.75, 3.05) is 26.2 Å². The summed E-state index contributed by atoms with van der Waals surface area (Å²) in [6, 6.07) is 0. The molecule has 1 heterocycles. The average Bonchev–Trinajstić information content (AvgIpc) is 2.42. The van der Waals surface area contributed by atoms with Gasteiger partial charge in [0.2, 0.25) is 0 Å². The molecule has 1 N–H and O–H groups in total. The summed E-state index contributed by atoms with van der Waals surface area (Å²) in [5, 5.41) is 10.4. The molecule has 0 saturated carbocycles. The van der Waals surface area contributed by atoms with E-state index in [0.717, 1.165) is 32.5 Å². The maximum absolute atomic E-state index is 11.4. The molecule has 0 amide bonds. The highest BCUT2D eigenvalue weighted by atomic mass is 16.5. The molecule has 4 nitrogen and oxygen atoms in total. The minimum absolute atomic E-state index is 0.140. The molecule has 0 aromatic heterocycles. The molecular weight excluding hydrogens is 218 g/mol. The third-order valence-corrected chi connectivity index (χ3v) is 3.33. The lowest BCUT2D eigenvalue weighted by atomic mass is 9.91. The van der Waals surface area contributed by atoms with Crippen molar-refractivity contribution in [2.24, 2.45) is 0 Å². The number of likely N-dealkylation sites (tertiary alicyclic amines) is 1. The van der Waals surface area contributed by atoms with E-state index in [9.17, 15) is 9.90 Å². The SMILES string of the molecule is CCCN1CCCC(O)(CC(=O)OCC)CC1. The molecule has 1 saturated heterocycles. The Kier molecular flexibility index (Phi) is 5.92. The van der Waals surface area contributed by atoms with Gasteiger partial charge < -0.3 is 14.7 Å². The lowest BCUT2D eigenvalue weighted by Crippen LogP contribution is -2.34. The number of nitrogens with zero attached hydrogens (tertiary/aromatic N) is 1. The second-order valence-corrected chi connectivity index (χ2v) is 4.90. The Balaban J connectivity index is 2.44. The van der Waals surface area contributed by atoms with E-state index in [1.165, 1.54) is 0 Å². The highest BCUT2D eigenvalue weighted by molar-refractivity contribution is 5.70. The third-order valence-electron chi connectivity index (χ3n) is 3.33. The molecule has 1 rings (SSSR count). The molecule has 1 unspecified atom stereocenters. The first-order valence-electron chi connectivity index (χ1n) is 6.70. The van der Waals surface area contributed by atoms with Crippen LogP contribution in [0.3, 0.4) is 0 Å². The Morgan fingerprint density at radius 1 is 1.35 bits per heavy atom. The van der Waals surface area contributed by atoms with Crippen molar-refractivity contribution >= 4 is 5.97 Å². The van der Waals surface area contributed by atoms with E-state index in [1.54, 1.807) is 6.92 Å². The van der Waals surface area contributed by atoms with Crippen LogP contribution in [0.4, 0.5) is 0 Å². The highest BCUT2D eigenvalue weighted by Crippen LogP contribution is 2.26. The zero-order valence-corrected chi connectivity index (χ0v) is 11.1. The number of carbonyl (C=O) groups is 1. The van der Waals surface area contributed by atoms with Gasteiger partial charge in [0, 0.05) is 6.54 Å². The first-order valence-corrected chi connectivity index (χ1v) is 6.70. The van der Waals surface area contributed by atoms with Crippen molar-refractivity contribution in [1.29, 1.82) is 0 Å². The van der Waals surface area contributed by atoms with Crippen molar-refractivity contribution in [3.05, 3.63) is 0 Å². The van der Waals surface area contributed by atoms with Gasteiger partial charge >= 0.3 is 5.97 Å². The van der Waals surface area contributed by atoms with E-state index in [-0.39, 0.29) is 12.4 Å². The van der Waals surface area contributed by atoms with E-state index in [2.05, 4.69) is 11.8 Å². The molecule has 0 bridgehead atoms. The molecule has 0 radical (unpaired) electrons. The van der Waals surface area contributed by atoms with Crippen molar-refractivity contribution in [2.45, 2.75) is 51.6 Å². The van der Waals surface area contributed by atoms with Crippen LogP contribution in [0.25, 0.3) is 0 Å². The Bertz CT molecular complexity index is 245. The number of hydrogen-bond donors (Lipinski definition) is 1. The first kappa shape index (κ1) is 14.5. The third kappa shape index (κ3) is 5.04. The number of aliphatic hydroxyl groups is 1. The van der Waals surface area contributed by atoms with Gasteiger partial charge in [-0.25, -0.2) is 0 Å². The fourth-order valence-corrected chi connectivity index (χ4v) is 2.43. The standard InChI is InChI=1S/C13H25NO3/c1-3-8-14-9-5-6-13(16,7-10-14)11-12(15)17-4-2/h16H,3-11H2,1-2H3. The smallest absolute Gasteiger partial charge is 0.308 e. The number of hydrogen-bond acceptors (Lipinski definition) is 4. The summed E-state index contributed by atoms with van der Waals surface area (Å²) in [6.07, 6.45) is 3.60. The maximum Gasteiger partial charge on any atom is 0.308 e. The molecule has 17 heavy (non-hydrogen) atoms. The van der Waals surface area contributed by atoms with Crippen LogP contribution in [0, 0.1) is 0 Å². The minimum Gasteiger partial charge on any atom is -0.466 e. The molecule has 1 aliphatic rings. The summed E-state index contributed by atoms with van der Waals surface area (Å²) in [4.78, 5) is 13.8. The van der Waals surface area contributed by atoms with Crippen LogP contribution < -0.4 is 0 Å². The van der Waals surface area contributed by atoms with Crippen molar-refractivity contribution in [3.63, 3.8) is 0 Å². The van der Waals surface area contributed by atoms with Crippen LogP contribution in [0.1, 0.15) is 46.0 Å². The molecule has 0 aromatic carbocycles. The second-order valence-electron chi connectivity index (χ2n) is 4.90. The first-order chi connectivity index (χ1) is 8.09. The Morgan fingerprint density at radius 3 is 2.76 bits per heavy atom. The van der Waals surface area contributed by atoms with Crippen LogP contribution in [-0.4, -0.2) is 47.8 Å². The molecule has 4 heteroatoms. The summed E-state index contributed by atoms with van der Waals surface area (Å²) >= 11 is 0. The monoisotopic (exact) mass is 243 g/mol. The molecule has 0 spiro atoms. The van der Waals surface area contributed by atoms with Crippen LogP contribution in [-0.2, 0) is 9.53 Å². The Hall–Kier alpha value is -0.610. The summed E-state index contributed by atoms with van der Waals surface area (Å²) in [7, 11) is 0. The lowest BCUT2D eigenvalue weighted by Gasteiger charge is -2.25. The van der Waals surface area contributed by atoms with Gasteiger partial charge in [-0.1, -0.05) is 6.92 Å². The van der Waals surface area contributed by atoms with Crippen LogP contribution in [0.2, 0.25) is 0 Å². The maximum atomic E-state index is 11.4. The summed E-state index contributed by atoms with van der Waals surface area (Å²) in [5.41, 5.74) is -0.852. The topological polar surface area (TPSA) is 49.8 Å². The predicted molar refractivity (Wildman–Crippen MR) is 66.8 cm³/mol. The summed E-state index contributed by atoms with van der Waals surface area (Å²) in [6.45, 7) is 7.32. The zero-order valence-electron chi connectivity index (χ0n) is 11.1. The van der Waals surface area contributed by atoms with E-state index >= 15 is 0 Å².